The number of hydrogen-bond acceptors (Lipinski definition) is 5. The number of fused-ring (bicyclic) bond motifs is 4. The Morgan fingerprint density at radius 2 is 1.57 bits per heavy atom. The summed E-state index contributed by atoms with van der Waals surface area (Å²) in [6, 6.07) is 27.2. The van der Waals surface area contributed by atoms with E-state index >= 15 is 4.39 Å². The smallest absolute Gasteiger partial charge is 0.238 e. The Kier molecular flexibility index (Phi) is 7.30. The van der Waals surface area contributed by atoms with E-state index in [9.17, 15) is 24.3 Å². The summed E-state index contributed by atoms with van der Waals surface area (Å²) in [6.07, 6.45) is 3.71. The molecule has 0 bridgehead atoms. The molecule has 2 fully saturated rings. The minimum absolute atomic E-state index is 0.134. The zero-order chi connectivity index (χ0) is 34.2. The Morgan fingerprint density at radius 3 is 2.27 bits per heavy atom. The molecular weight excluding hydrogens is 641 g/mol. The van der Waals surface area contributed by atoms with Crippen LogP contribution < -0.4 is 4.90 Å². The molecule has 1 saturated carbocycles. The van der Waals surface area contributed by atoms with Crippen LogP contribution in [-0.4, -0.2) is 28.5 Å². The van der Waals surface area contributed by atoms with Crippen molar-refractivity contribution >= 4 is 46.2 Å². The molecule has 8 rings (SSSR count). The van der Waals surface area contributed by atoms with E-state index in [0.29, 0.717) is 33.0 Å². The summed E-state index contributed by atoms with van der Waals surface area (Å²) in [4.78, 5) is 59.6. The van der Waals surface area contributed by atoms with Gasteiger partial charge in [-0.25, -0.2) is 9.29 Å². The molecule has 1 saturated heterocycles. The van der Waals surface area contributed by atoms with Gasteiger partial charge in [0.2, 0.25) is 11.8 Å². The van der Waals surface area contributed by atoms with Gasteiger partial charge >= 0.3 is 0 Å². The lowest BCUT2D eigenvalue weighted by atomic mass is 9.44. The number of amides is 2. The van der Waals surface area contributed by atoms with Gasteiger partial charge < -0.3 is 5.11 Å². The van der Waals surface area contributed by atoms with Gasteiger partial charge in [-0.1, -0.05) is 96.0 Å². The molecule has 1 aliphatic heterocycles. The molecule has 1 heterocycles. The molecule has 6 atom stereocenters. The number of hydrogen-bond donors (Lipinski definition) is 1. The number of anilines is 1. The topological polar surface area (TPSA) is 91.8 Å². The Hall–Kier alpha value is -5.14. The SMILES string of the molecule is Cc1ccc(N2C(=O)C3CC=C4C(CC5C(=O)C(c6ccccc6)=CC(=O)C5(c5ccccc5)C4c4ccc(O)c(F)c4)C3C2=O)cc1Cl. The lowest BCUT2D eigenvalue weighted by Gasteiger charge is -2.55. The number of benzene rings is 4. The minimum atomic E-state index is -1.48. The van der Waals surface area contributed by atoms with Crippen molar-refractivity contribution in [3.63, 3.8) is 0 Å². The number of allylic oxidation sites excluding steroid dienone is 4. The minimum Gasteiger partial charge on any atom is -0.505 e. The van der Waals surface area contributed by atoms with Crippen LogP contribution in [0.25, 0.3) is 5.57 Å². The Bertz CT molecular complexity index is 2140. The molecule has 6 nitrogen and oxygen atoms in total. The summed E-state index contributed by atoms with van der Waals surface area (Å²) in [7, 11) is 0. The maximum atomic E-state index is 15.2. The molecule has 0 aromatic heterocycles. The van der Waals surface area contributed by atoms with Crippen LogP contribution in [0, 0.1) is 36.4 Å². The summed E-state index contributed by atoms with van der Waals surface area (Å²) in [6.45, 7) is 1.84. The third-order valence-electron chi connectivity index (χ3n) is 11.1. The number of carbonyl (C=O) groups is 4. The maximum Gasteiger partial charge on any atom is 0.238 e. The van der Waals surface area contributed by atoms with Crippen LogP contribution in [0.3, 0.4) is 0 Å². The van der Waals surface area contributed by atoms with Crippen LogP contribution in [0.2, 0.25) is 5.02 Å². The highest BCUT2D eigenvalue weighted by atomic mass is 35.5. The number of aryl methyl sites for hydroxylation is 1. The molecule has 0 radical (unpaired) electrons. The highest BCUT2D eigenvalue weighted by molar-refractivity contribution is 6.33. The van der Waals surface area contributed by atoms with Crippen molar-refractivity contribution in [2.45, 2.75) is 31.1 Å². The molecule has 6 unspecified atom stereocenters. The number of imide groups is 1. The Morgan fingerprint density at radius 1 is 0.857 bits per heavy atom. The maximum absolute atomic E-state index is 15.2. The van der Waals surface area contributed by atoms with Crippen LogP contribution in [0.1, 0.15) is 41.0 Å². The third kappa shape index (κ3) is 4.52. The fourth-order valence-corrected chi connectivity index (χ4v) is 9.10. The standard InChI is InChI=1S/C41H31ClFNO5/c1-22-12-14-26(19-32(22)42)44-39(48)28-16-15-27-30(36(28)40(44)49)20-31-38(47)29(23-8-4-2-5-9-23)21-35(46)41(31,25-10-6-3-7-11-25)37(27)24-13-17-34(45)33(43)18-24/h2-15,17-19,21,28,30-31,36-37,45H,16,20H2,1H3. The quantitative estimate of drug-likeness (QED) is 0.179. The van der Waals surface area contributed by atoms with Gasteiger partial charge in [0.25, 0.3) is 0 Å². The van der Waals surface area contributed by atoms with Gasteiger partial charge in [0.05, 0.1) is 22.9 Å². The number of Topliss-reactive ketones (excluding diaryl/α,β-unsaturated/α-hetero) is 1. The molecule has 4 aliphatic rings. The molecule has 0 spiro atoms. The zero-order valence-corrected chi connectivity index (χ0v) is 27.2. The van der Waals surface area contributed by atoms with Gasteiger partial charge in [0.1, 0.15) is 0 Å². The fraction of sp³-hybridized carbons (Fsp3) is 0.220. The molecular formula is C41H31ClFNO5. The number of rotatable bonds is 4. The van der Waals surface area contributed by atoms with Gasteiger partial charge in [-0.3, -0.25) is 19.2 Å². The lowest BCUT2D eigenvalue weighted by molar-refractivity contribution is -0.135. The molecule has 1 N–H and O–H groups in total. The number of halogens is 2. The highest BCUT2D eigenvalue weighted by Gasteiger charge is 2.66. The lowest BCUT2D eigenvalue weighted by Crippen LogP contribution is -2.58. The normalized spacial score (nSPS) is 27.7. The van der Waals surface area contributed by atoms with Crippen LogP contribution in [0.15, 0.2) is 115 Å². The molecule has 244 valence electrons. The number of nitrogens with zero attached hydrogens (tertiary/aromatic N) is 1. The zero-order valence-electron chi connectivity index (χ0n) is 26.5. The third-order valence-corrected chi connectivity index (χ3v) is 11.5. The van der Waals surface area contributed by atoms with E-state index in [1.54, 1.807) is 48.5 Å². The first kappa shape index (κ1) is 31.1. The van der Waals surface area contributed by atoms with Gasteiger partial charge in [-0.15, -0.1) is 0 Å². The van der Waals surface area contributed by atoms with E-state index in [1.165, 1.54) is 23.1 Å². The first-order chi connectivity index (χ1) is 23.6. The number of ketones is 2. The van der Waals surface area contributed by atoms with E-state index in [4.69, 9.17) is 11.6 Å². The van der Waals surface area contributed by atoms with Crippen molar-refractivity contribution in [1.29, 1.82) is 0 Å². The monoisotopic (exact) mass is 671 g/mol. The van der Waals surface area contributed by atoms with Crippen molar-refractivity contribution in [2.75, 3.05) is 4.90 Å². The molecule has 4 aromatic rings. The van der Waals surface area contributed by atoms with Gasteiger partial charge in [-0.2, -0.15) is 0 Å². The fourth-order valence-electron chi connectivity index (χ4n) is 8.93. The van der Waals surface area contributed by atoms with E-state index < -0.39 is 46.6 Å². The Balaban J connectivity index is 1.35. The molecule has 2 amide bonds. The summed E-state index contributed by atoms with van der Waals surface area (Å²) in [5.41, 5.74) is 2.31. The van der Waals surface area contributed by atoms with Gasteiger partial charge in [0.15, 0.2) is 23.1 Å². The van der Waals surface area contributed by atoms with E-state index in [2.05, 4.69) is 0 Å². The number of phenols is 1. The van der Waals surface area contributed by atoms with Crippen molar-refractivity contribution in [3.05, 3.63) is 148 Å². The van der Waals surface area contributed by atoms with Crippen LogP contribution >= 0.6 is 11.6 Å². The van der Waals surface area contributed by atoms with Crippen LogP contribution in [-0.2, 0) is 24.6 Å². The van der Waals surface area contributed by atoms with Crippen LogP contribution in [0.4, 0.5) is 10.1 Å². The highest BCUT2D eigenvalue weighted by Crippen LogP contribution is 2.63. The predicted octanol–water partition coefficient (Wildman–Crippen LogP) is 7.52. The van der Waals surface area contributed by atoms with Crippen molar-refractivity contribution < 1.29 is 28.7 Å². The number of phenolic OH excluding ortho intramolecular Hbond substituents is 1. The second-order valence-electron chi connectivity index (χ2n) is 13.4. The first-order valence-electron chi connectivity index (χ1n) is 16.4. The number of aromatic hydroxyl groups is 1. The number of carbonyl (C=O) groups excluding carboxylic acids is 4. The average molecular weight is 672 g/mol. The molecule has 8 heteroatoms. The largest absolute Gasteiger partial charge is 0.505 e. The van der Waals surface area contributed by atoms with E-state index in [-0.39, 0.29) is 41.8 Å². The van der Waals surface area contributed by atoms with Crippen molar-refractivity contribution in [1.82, 2.24) is 0 Å². The van der Waals surface area contributed by atoms with Crippen molar-refractivity contribution in [2.24, 2.45) is 23.7 Å². The summed E-state index contributed by atoms with van der Waals surface area (Å²) >= 11 is 6.42. The van der Waals surface area contributed by atoms with Gasteiger partial charge in [0, 0.05) is 22.4 Å². The van der Waals surface area contributed by atoms with E-state index in [0.717, 1.165) is 5.56 Å². The molecule has 3 aliphatic carbocycles. The summed E-state index contributed by atoms with van der Waals surface area (Å²) < 4.78 is 15.2. The first-order valence-corrected chi connectivity index (χ1v) is 16.7. The summed E-state index contributed by atoms with van der Waals surface area (Å²) in [5, 5.41) is 10.6. The molecule has 4 aromatic carbocycles. The Labute approximate surface area is 287 Å². The second-order valence-corrected chi connectivity index (χ2v) is 13.9. The van der Waals surface area contributed by atoms with Crippen molar-refractivity contribution in [3.8, 4) is 5.75 Å². The molecule has 49 heavy (non-hydrogen) atoms. The van der Waals surface area contributed by atoms with Gasteiger partial charge in [-0.05, 0) is 78.3 Å². The second kappa shape index (κ2) is 11.5. The van der Waals surface area contributed by atoms with Crippen LogP contribution in [0.5, 0.6) is 5.75 Å². The average Bonchev–Trinajstić information content (AvgIpc) is 3.37. The predicted molar refractivity (Wildman–Crippen MR) is 183 cm³/mol. The summed E-state index contributed by atoms with van der Waals surface area (Å²) in [5.74, 6) is -6.58. The van der Waals surface area contributed by atoms with E-state index in [1.807, 2.05) is 49.4 Å².